The van der Waals surface area contributed by atoms with Gasteiger partial charge in [-0.2, -0.15) is 5.10 Å². The van der Waals surface area contributed by atoms with E-state index >= 15 is 0 Å². The van der Waals surface area contributed by atoms with Crippen LogP contribution in [0.3, 0.4) is 0 Å². The van der Waals surface area contributed by atoms with Gasteiger partial charge in [-0.05, 0) is 18.1 Å². The normalized spacial score (nSPS) is 10.5. The smallest absolute Gasteiger partial charge is 0.250 e. The fourth-order valence-corrected chi connectivity index (χ4v) is 1.26. The third-order valence-electron chi connectivity index (χ3n) is 2.16. The molecule has 2 rings (SSSR count). The summed E-state index contributed by atoms with van der Waals surface area (Å²) in [6.07, 6.45) is 6.39. The van der Waals surface area contributed by atoms with Crippen molar-refractivity contribution in [1.29, 1.82) is 0 Å². The van der Waals surface area contributed by atoms with Gasteiger partial charge in [-0.25, -0.2) is 14.6 Å². The quantitative estimate of drug-likeness (QED) is 0.796. The standard InChI is InChI=1S/C10H13N5/c1-2-8-6-13-15(7-8)10-12-4-3-9(5-11)14-10/h3-4,6-7H,2,5,11H2,1H3. The van der Waals surface area contributed by atoms with Gasteiger partial charge in [0.15, 0.2) is 0 Å². The van der Waals surface area contributed by atoms with Crippen LogP contribution in [-0.2, 0) is 13.0 Å². The van der Waals surface area contributed by atoms with Gasteiger partial charge in [0.1, 0.15) is 0 Å². The third kappa shape index (κ3) is 2.02. The van der Waals surface area contributed by atoms with E-state index in [1.807, 2.05) is 12.4 Å². The Balaban J connectivity index is 2.35. The number of hydrogen-bond acceptors (Lipinski definition) is 4. The first-order valence-corrected chi connectivity index (χ1v) is 4.89. The topological polar surface area (TPSA) is 69.6 Å². The van der Waals surface area contributed by atoms with Crippen LogP contribution in [0.4, 0.5) is 0 Å². The van der Waals surface area contributed by atoms with Gasteiger partial charge in [0.25, 0.3) is 5.95 Å². The monoisotopic (exact) mass is 203 g/mol. The summed E-state index contributed by atoms with van der Waals surface area (Å²) >= 11 is 0. The predicted molar refractivity (Wildman–Crippen MR) is 56.4 cm³/mol. The van der Waals surface area contributed by atoms with E-state index in [-0.39, 0.29) is 0 Å². The fraction of sp³-hybridized carbons (Fsp3) is 0.300. The zero-order valence-electron chi connectivity index (χ0n) is 8.59. The molecule has 0 amide bonds. The highest BCUT2D eigenvalue weighted by atomic mass is 15.3. The summed E-state index contributed by atoms with van der Waals surface area (Å²) in [5.41, 5.74) is 7.49. The molecular weight excluding hydrogens is 190 g/mol. The van der Waals surface area contributed by atoms with Crippen molar-refractivity contribution in [2.24, 2.45) is 5.73 Å². The van der Waals surface area contributed by atoms with Crippen LogP contribution in [0.1, 0.15) is 18.2 Å². The van der Waals surface area contributed by atoms with Crippen LogP contribution < -0.4 is 5.73 Å². The van der Waals surface area contributed by atoms with Crippen LogP contribution in [-0.4, -0.2) is 19.7 Å². The lowest BCUT2D eigenvalue weighted by atomic mass is 10.3. The second-order valence-corrected chi connectivity index (χ2v) is 3.20. The molecule has 2 N–H and O–H groups in total. The number of rotatable bonds is 3. The summed E-state index contributed by atoms with van der Waals surface area (Å²) in [4.78, 5) is 8.41. The van der Waals surface area contributed by atoms with Crippen LogP contribution in [0.25, 0.3) is 5.95 Å². The molecule has 78 valence electrons. The maximum Gasteiger partial charge on any atom is 0.250 e. The molecule has 5 nitrogen and oxygen atoms in total. The van der Waals surface area contributed by atoms with Crippen molar-refractivity contribution in [2.75, 3.05) is 0 Å². The van der Waals surface area contributed by atoms with E-state index in [2.05, 4.69) is 22.0 Å². The van der Waals surface area contributed by atoms with E-state index < -0.39 is 0 Å². The molecule has 0 atom stereocenters. The van der Waals surface area contributed by atoms with Gasteiger partial charge >= 0.3 is 0 Å². The lowest BCUT2D eigenvalue weighted by Crippen LogP contribution is -2.06. The van der Waals surface area contributed by atoms with E-state index in [0.717, 1.165) is 17.7 Å². The number of nitrogens with two attached hydrogens (primary N) is 1. The lowest BCUT2D eigenvalue weighted by Gasteiger charge is -2.00. The molecule has 5 heteroatoms. The van der Waals surface area contributed by atoms with E-state index in [0.29, 0.717) is 12.5 Å². The number of aryl methyl sites for hydroxylation is 1. The van der Waals surface area contributed by atoms with Crippen molar-refractivity contribution in [2.45, 2.75) is 19.9 Å². The summed E-state index contributed by atoms with van der Waals surface area (Å²) in [6, 6.07) is 1.80. The van der Waals surface area contributed by atoms with Crippen LogP contribution in [0.2, 0.25) is 0 Å². The molecule has 2 aromatic rings. The van der Waals surface area contributed by atoms with Crippen molar-refractivity contribution in [3.63, 3.8) is 0 Å². The summed E-state index contributed by atoms with van der Waals surface area (Å²) in [7, 11) is 0. The van der Waals surface area contributed by atoms with E-state index in [4.69, 9.17) is 5.73 Å². The first kappa shape index (κ1) is 9.79. The molecule has 0 bridgehead atoms. The Morgan fingerprint density at radius 2 is 2.33 bits per heavy atom. The summed E-state index contributed by atoms with van der Waals surface area (Å²) in [5.74, 6) is 0.567. The van der Waals surface area contributed by atoms with Crippen molar-refractivity contribution >= 4 is 0 Å². The van der Waals surface area contributed by atoms with Gasteiger partial charge in [0, 0.05) is 18.9 Å². The Labute approximate surface area is 88.0 Å². The Bertz CT molecular complexity index is 449. The minimum Gasteiger partial charge on any atom is -0.325 e. The van der Waals surface area contributed by atoms with Crippen molar-refractivity contribution in [3.8, 4) is 5.95 Å². The third-order valence-corrected chi connectivity index (χ3v) is 2.16. The number of hydrogen-bond donors (Lipinski definition) is 1. The molecule has 0 saturated heterocycles. The van der Waals surface area contributed by atoms with Crippen molar-refractivity contribution in [3.05, 3.63) is 35.9 Å². The van der Waals surface area contributed by atoms with Gasteiger partial charge in [-0.1, -0.05) is 6.92 Å². The van der Waals surface area contributed by atoms with E-state index in [9.17, 15) is 0 Å². The second kappa shape index (κ2) is 4.18. The average Bonchev–Trinajstić information content (AvgIpc) is 2.78. The molecule has 0 aliphatic rings. The highest BCUT2D eigenvalue weighted by Gasteiger charge is 2.02. The minimum atomic E-state index is 0.414. The zero-order chi connectivity index (χ0) is 10.7. The van der Waals surface area contributed by atoms with Crippen LogP contribution in [0.15, 0.2) is 24.7 Å². The first-order chi connectivity index (χ1) is 7.33. The second-order valence-electron chi connectivity index (χ2n) is 3.20. The maximum absolute atomic E-state index is 5.51. The molecule has 0 spiro atoms. The number of nitrogens with zero attached hydrogens (tertiary/aromatic N) is 4. The fourth-order valence-electron chi connectivity index (χ4n) is 1.26. The summed E-state index contributed by atoms with van der Waals surface area (Å²) in [6.45, 7) is 2.50. The Morgan fingerprint density at radius 3 is 3.00 bits per heavy atom. The van der Waals surface area contributed by atoms with Gasteiger partial charge < -0.3 is 5.73 Å². The Morgan fingerprint density at radius 1 is 1.47 bits per heavy atom. The van der Waals surface area contributed by atoms with Gasteiger partial charge in [-0.15, -0.1) is 0 Å². The average molecular weight is 203 g/mol. The summed E-state index contributed by atoms with van der Waals surface area (Å²) < 4.78 is 1.66. The molecule has 0 aliphatic carbocycles. The van der Waals surface area contributed by atoms with Crippen LogP contribution in [0, 0.1) is 0 Å². The largest absolute Gasteiger partial charge is 0.325 e. The molecule has 0 aromatic carbocycles. The maximum atomic E-state index is 5.51. The SMILES string of the molecule is CCc1cnn(-c2nccc(CN)n2)c1. The molecule has 0 fully saturated rings. The molecule has 15 heavy (non-hydrogen) atoms. The molecule has 0 unspecified atom stereocenters. The predicted octanol–water partition coefficient (Wildman–Crippen LogP) is 0.683. The van der Waals surface area contributed by atoms with Gasteiger partial charge in [-0.3, -0.25) is 0 Å². The molecule has 2 heterocycles. The highest BCUT2D eigenvalue weighted by Crippen LogP contribution is 2.04. The minimum absolute atomic E-state index is 0.414. The molecule has 2 aromatic heterocycles. The van der Waals surface area contributed by atoms with Gasteiger partial charge in [0.2, 0.25) is 0 Å². The van der Waals surface area contributed by atoms with Crippen molar-refractivity contribution < 1.29 is 0 Å². The lowest BCUT2D eigenvalue weighted by molar-refractivity contribution is 0.789. The van der Waals surface area contributed by atoms with E-state index in [1.54, 1.807) is 16.9 Å². The Hall–Kier alpha value is -1.75. The number of aromatic nitrogens is 4. The highest BCUT2D eigenvalue weighted by molar-refractivity contribution is 5.16. The van der Waals surface area contributed by atoms with Gasteiger partial charge in [0.05, 0.1) is 11.9 Å². The van der Waals surface area contributed by atoms with Crippen LogP contribution >= 0.6 is 0 Å². The molecular formula is C10H13N5. The van der Waals surface area contributed by atoms with Crippen LogP contribution in [0.5, 0.6) is 0 Å². The summed E-state index contributed by atoms with van der Waals surface area (Å²) in [5, 5.41) is 4.18. The molecule has 0 aliphatic heterocycles. The first-order valence-electron chi connectivity index (χ1n) is 4.89. The zero-order valence-corrected chi connectivity index (χ0v) is 8.59. The Kier molecular flexibility index (Phi) is 2.73. The molecule has 0 saturated carbocycles. The van der Waals surface area contributed by atoms with Crippen molar-refractivity contribution in [1.82, 2.24) is 19.7 Å². The molecule has 0 radical (unpaired) electrons. The van der Waals surface area contributed by atoms with E-state index in [1.165, 1.54) is 0 Å².